The summed E-state index contributed by atoms with van der Waals surface area (Å²) in [4.78, 5) is 11.5. The van der Waals surface area contributed by atoms with Gasteiger partial charge in [-0.25, -0.2) is 0 Å². The molecule has 0 aliphatic carbocycles. The third kappa shape index (κ3) is 5.47. The Kier molecular flexibility index (Phi) is 6.29. The summed E-state index contributed by atoms with van der Waals surface area (Å²) in [5.74, 6) is -0.113. The lowest BCUT2D eigenvalue weighted by molar-refractivity contribution is -0.122. The molecule has 3 N–H and O–H groups in total. The Morgan fingerprint density at radius 1 is 1.41 bits per heavy atom. The Labute approximate surface area is 102 Å². The molecule has 1 rings (SSSR count). The second-order valence-electron chi connectivity index (χ2n) is 3.91. The number of carbonyl (C=O) groups is 1. The van der Waals surface area contributed by atoms with E-state index in [1.807, 2.05) is 30.3 Å². The van der Waals surface area contributed by atoms with Crippen LogP contribution in [0.4, 0.5) is 0 Å². The molecule has 1 atom stereocenters. The molecule has 17 heavy (non-hydrogen) atoms. The molecule has 0 spiro atoms. The average molecular weight is 236 g/mol. The number of hydrogen-bond acceptors (Lipinski definition) is 3. The van der Waals surface area contributed by atoms with E-state index < -0.39 is 6.04 Å². The second-order valence-corrected chi connectivity index (χ2v) is 3.91. The number of ether oxygens (including phenoxy) is 1. The van der Waals surface area contributed by atoms with Crippen LogP contribution in [0.5, 0.6) is 0 Å². The van der Waals surface area contributed by atoms with Crippen LogP contribution in [0.1, 0.15) is 12.0 Å². The first kappa shape index (κ1) is 13.7. The predicted molar refractivity (Wildman–Crippen MR) is 67.6 cm³/mol. The van der Waals surface area contributed by atoms with E-state index in [9.17, 15) is 4.79 Å². The molecule has 0 heterocycles. The van der Waals surface area contributed by atoms with Gasteiger partial charge in [0.05, 0.1) is 12.6 Å². The molecule has 1 aromatic rings. The number of benzene rings is 1. The minimum absolute atomic E-state index is 0.113. The van der Waals surface area contributed by atoms with Crippen LogP contribution in [0.2, 0.25) is 0 Å². The number of nitrogens with one attached hydrogen (secondary N) is 1. The van der Waals surface area contributed by atoms with Crippen LogP contribution < -0.4 is 11.1 Å². The van der Waals surface area contributed by atoms with Crippen molar-refractivity contribution in [3.05, 3.63) is 35.9 Å². The Morgan fingerprint density at radius 2 is 2.12 bits per heavy atom. The summed E-state index contributed by atoms with van der Waals surface area (Å²) in [7, 11) is 1.60. The fraction of sp³-hybridized carbons (Fsp3) is 0.462. The van der Waals surface area contributed by atoms with E-state index in [-0.39, 0.29) is 5.91 Å². The fourth-order valence-corrected chi connectivity index (χ4v) is 1.51. The molecule has 0 saturated carbocycles. The van der Waals surface area contributed by atoms with Gasteiger partial charge in [0.15, 0.2) is 0 Å². The van der Waals surface area contributed by atoms with Crippen LogP contribution in [0.25, 0.3) is 0 Å². The van der Waals surface area contributed by atoms with Gasteiger partial charge in [-0.2, -0.15) is 0 Å². The van der Waals surface area contributed by atoms with E-state index in [1.54, 1.807) is 7.11 Å². The lowest BCUT2D eigenvalue weighted by Gasteiger charge is -2.11. The van der Waals surface area contributed by atoms with Crippen molar-refractivity contribution in [2.24, 2.45) is 5.73 Å². The summed E-state index contributed by atoms with van der Waals surface area (Å²) in [6.07, 6.45) is 1.47. The highest BCUT2D eigenvalue weighted by atomic mass is 16.5. The minimum Gasteiger partial charge on any atom is -0.383 e. The topological polar surface area (TPSA) is 64.3 Å². The van der Waals surface area contributed by atoms with Crippen molar-refractivity contribution in [1.29, 1.82) is 0 Å². The third-order valence-electron chi connectivity index (χ3n) is 2.53. The van der Waals surface area contributed by atoms with Crippen molar-refractivity contribution in [2.75, 3.05) is 20.3 Å². The van der Waals surface area contributed by atoms with Crippen molar-refractivity contribution in [2.45, 2.75) is 18.9 Å². The molecule has 0 saturated heterocycles. The molecule has 0 aromatic heterocycles. The van der Waals surface area contributed by atoms with Crippen LogP contribution in [-0.2, 0) is 16.0 Å². The van der Waals surface area contributed by atoms with Gasteiger partial charge >= 0.3 is 0 Å². The standard InChI is InChI=1S/C13H20N2O2/c1-17-10-9-15-13(16)12(14)8-7-11-5-3-2-4-6-11/h2-6,12H,7-10,14H2,1H3,(H,15,16). The SMILES string of the molecule is COCCNC(=O)C(N)CCc1ccccc1. The van der Waals surface area contributed by atoms with E-state index in [0.29, 0.717) is 19.6 Å². The zero-order chi connectivity index (χ0) is 12.5. The summed E-state index contributed by atoms with van der Waals surface area (Å²) < 4.78 is 4.85. The molecule has 1 aromatic carbocycles. The molecule has 0 fully saturated rings. The lowest BCUT2D eigenvalue weighted by Crippen LogP contribution is -2.42. The fourth-order valence-electron chi connectivity index (χ4n) is 1.51. The third-order valence-corrected chi connectivity index (χ3v) is 2.53. The van der Waals surface area contributed by atoms with Crippen molar-refractivity contribution in [1.82, 2.24) is 5.32 Å². The quantitative estimate of drug-likeness (QED) is 0.685. The summed E-state index contributed by atoms with van der Waals surface area (Å²) in [5.41, 5.74) is 7.00. The van der Waals surface area contributed by atoms with Crippen LogP contribution in [0.3, 0.4) is 0 Å². The van der Waals surface area contributed by atoms with E-state index in [1.165, 1.54) is 5.56 Å². The van der Waals surface area contributed by atoms with E-state index >= 15 is 0 Å². The highest BCUT2D eigenvalue weighted by Gasteiger charge is 2.12. The van der Waals surface area contributed by atoms with Gasteiger partial charge in [0, 0.05) is 13.7 Å². The Balaban J connectivity index is 2.24. The molecule has 0 bridgehead atoms. The monoisotopic (exact) mass is 236 g/mol. The van der Waals surface area contributed by atoms with Crippen molar-refractivity contribution >= 4 is 5.91 Å². The molecule has 1 unspecified atom stereocenters. The molecule has 94 valence electrons. The summed E-state index contributed by atoms with van der Waals surface area (Å²) in [6, 6.07) is 9.57. The summed E-state index contributed by atoms with van der Waals surface area (Å²) in [6.45, 7) is 1.02. The number of hydrogen-bond donors (Lipinski definition) is 2. The summed E-state index contributed by atoms with van der Waals surface area (Å²) >= 11 is 0. The summed E-state index contributed by atoms with van der Waals surface area (Å²) in [5, 5.41) is 2.73. The smallest absolute Gasteiger partial charge is 0.237 e. The van der Waals surface area contributed by atoms with Crippen LogP contribution >= 0.6 is 0 Å². The van der Waals surface area contributed by atoms with Crippen molar-refractivity contribution < 1.29 is 9.53 Å². The van der Waals surface area contributed by atoms with Crippen molar-refractivity contribution in [3.8, 4) is 0 Å². The maximum atomic E-state index is 11.5. The van der Waals surface area contributed by atoms with Gasteiger partial charge in [0.2, 0.25) is 5.91 Å². The zero-order valence-corrected chi connectivity index (χ0v) is 10.2. The Hall–Kier alpha value is -1.39. The largest absolute Gasteiger partial charge is 0.383 e. The van der Waals surface area contributed by atoms with E-state index in [2.05, 4.69) is 5.32 Å². The molecule has 1 amide bonds. The minimum atomic E-state index is -0.452. The molecule has 0 radical (unpaired) electrons. The number of carbonyl (C=O) groups excluding carboxylic acids is 1. The van der Waals surface area contributed by atoms with E-state index in [0.717, 1.165) is 6.42 Å². The first-order valence-electron chi connectivity index (χ1n) is 5.80. The molecule has 4 nitrogen and oxygen atoms in total. The number of nitrogens with two attached hydrogens (primary N) is 1. The molecule has 0 aliphatic rings. The normalized spacial score (nSPS) is 12.1. The predicted octanol–water partition coefficient (Wildman–Crippen LogP) is 0.709. The molecule has 4 heteroatoms. The maximum absolute atomic E-state index is 11.5. The average Bonchev–Trinajstić information content (AvgIpc) is 2.37. The number of aryl methyl sites for hydroxylation is 1. The Bertz CT molecular complexity index is 327. The van der Waals surface area contributed by atoms with E-state index in [4.69, 9.17) is 10.5 Å². The first-order chi connectivity index (χ1) is 8.24. The highest BCUT2D eigenvalue weighted by Crippen LogP contribution is 2.03. The van der Waals surface area contributed by atoms with Gasteiger partial charge in [0.25, 0.3) is 0 Å². The van der Waals surface area contributed by atoms with Crippen LogP contribution in [0, 0.1) is 0 Å². The second kappa shape index (κ2) is 7.81. The maximum Gasteiger partial charge on any atom is 0.237 e. The van der Waals surface area contributed by atoms with Crippen molar-refractivity contribution in [3.63, 3.8) is 0 Å². The van der Waals surface area contributed by atoms with Gasteiger partial charge in [-0.05, 0) is 18.4 Å². The number of rotatable bonds is 7. The van der Waals surface area contributed by atoms with Crippen LogP contribution in [-0.4, -0.2) is 32.2 Å². The first-order valence-corrected chi connectivity index (χ1v) is 5.80. The van der Waals surface area contributed by atoms with Gasteiger partial charge in [-0.1, -0.05) is 30.3 Å². The number of amides is 1. The molecular weight excluding hydrogens is 216 g/mol. The van der Waals surface area contributed by atoms with Gasteiger partial charge in [-0.15, -0.1) is 0 Å². The van der Waals surface area contributed by atoms with Gasteiger partial charge in [-0.3, -0.25) is 4.79 Å². The zero-order valence-electron chi connectivity index (χ0n) is 10.2. The number of methoxy groups -OCH3 is 1. The van der Waals surface area contributed by atoms with Gasteiger partial charge in [0.1, 0.15) is 0 Å². The molecular formula is C13H20N2O2. The van der Waals surface area contributed by atoms with Gasteiger partial charge < -0.3 is 15.8 Å². The molecule has 0 aliphatic heterocycles. The lowest BCUT2D eigenvalue weighted by atomic mass is 10.1. The highest BCUT2D eigenvalue weighted by molar-refractivity contribution is 5.81. The Morgan fingerprint density at radius 3 is 2.76 bits per heavy atom. The van der Waals surface area contributed by atoms with Crippen LogP contribution in [0.15, 0.2) is 30.3 Å².